The fourth-order valence-corrected chi connectivity index (χ4v) is 3.51. The fraction of sp³-hybridized carbons (Fsp3) is 0. The number of H-pyrrole nitrogens is 2. The largest absolute Gasteiger partial charge is 0.504 e. The molecule has 2 aromatic heterocycles. The van der Waals surface area contributed by atoms with E-state index in [0.29, 0.717) is 39.5 Å². The zero-order valence-corrected chi connectivity index (χ0v) is 16.5. The van der Waals surface area contributed by atoms with E-state index in [-0.39, 0.29) is 5.56 Å². The van der Waals surface area contributed by atoms with Gasteiger partial charge < -0.3 is 10.2 Å². The molecule has 0 amide bonds. The number of nitrogens with zero attached hydrogens (tertiary/aromatic N) is 7. The first-order chi connectivity index (χ1) is 16.0. The lowest BCUT2D eigenvalue weighted by atomic mass is 9.91. The summed E-state index contributed by atoms with van der Waals surface area (Å²) in [6, 6.07) is 14.9. The summed E-state index contributed by atoms with van der Waals surface area (Å²) >= 11 is 0. The summed E-state index contributed by atoms with van der Waals surface area (Å²) in [5, 5.41) is 59.6. The third kappa shape index (κ3) is 3.48. The second-order valence-corrected chi connectivity index (χ2v) is 6.93. The Morgan fingerprint density at radius 2 is 1.24 bits per heavy atom. The molecule has 0 saturated carbocycles. The quantitative estimate of drug-likeness (QED) is 0.178. The van der Waals surface area contributed by atoms with E-state index in [1.165, 1.54) is 6.07 Å². The normalized spacial score (nSPS) is 10.9. The van der Waals surface area contributed by atoms with Crippen molar-refractivity contribution in [1.29, 1.82) is 0 Å². The molecular weight excluding hydrogens is 430 g/mol. The smallest absolute Gasteiger partial charge is 0.323 e. The van der Waals surface area contributed by atoms with Gasteiger partial charge in [-0.3, -0.25) is 10.1 Å². The molecule has 4 N–H and O–H groups in total. The standard InChI is InChI=1S/C20H13N9O4/c30-15-9-14(10-1-5-12(6-2-10)19-21-25-26-22-19)16(17(18(15)31)29(32)33)11-3-7-13(8-4-11)20-23-27-28-24-20/h1-9,30-31H,(H,21,22,25,26)(H,23,24,27,28). The van der Waals surface area contributed by atoms with Gasteiger partial charge in [0.15, 0.2) is 17.4 Å². The Morgan fingerprint density at radius 1 is 0.758 bits per heavy atom. The molecule has 13 nitrogen and oxygen atoms in total. The maximum atomic E-state index is 11.9. The number of rotatable bonds is 5. The maximum absolute atomic E-state index is 11.9. The van der Waals surface area contributed by atoms with Crippen molar-refractivity contribution in [1.82, 2.24) is 41.2 Å². The van der Waals surface area contributed by atoms with Crippen molar-refractivity contribution in [3.63, 3.8) is 0 Å². The Hall–Kier alpha value is -5.20. The lowest BCUT2D eigenvalue weighted by Crippen LogP contribution is -1.97. The first-order valence-corrected chi connectivity index (χ1v) is 9.45. The van der Waals surface area contributed by atoms with Crippen LogP contribution in [0.3, 0.4) is 0 Å². The molecule has 0 aliphatic heterocycles. The molecule has 33 heavy (non-hydrogen) atoms. The fourth-order valence-electron chi connectivity index (χ4n) is 3.51. The molecular formula is C20H13N9O4. The minimum atomic E-state index is -0.813. The number of phenols is 2. The summed E-state index contributed by atoms with van der Waals surface area (Å²) in [5.74, 6) is -0.527. The highest BCUT2D eigenvalue weighted by Gasteiger charge is 2.28. The predicted octanol–water partition coefficient (Wildman–Crippen LogP) is 2.70. The number of phenolic OH excluding ortho intramolecular Hbond substituents is 2. The number of benzene rings is 3. The van der Waals surface area contributed by atoms with Crippen molar-refractivity contribution in [3.05, 3.63) is 64.7 Å². The molecule has 0 aliphatic rings. The van der Waals surface area contributed by atoms with Crippen LogP contribution in [0.5, 0.6) is 11.5 Å². The molecule has 0 unspecified atom stereocenters. The molecule has 0 radical (unpaired) electrons. The van der Waals surface area contributed by atoms with E-state index in [9.17, 15) is 20.3 Å². The van der Waals surface area contributed by atoms with E-state index in [1.54, 1.807) is 48.5 Å². The highest BCUT2D eigenvalue weighted by molar-refractivity contribution is 5.94. The molecule has 0 aliphatic carbocycles. The SMILES string of the molecule is O=[N+]([O-])c1c(O)c(O)cc(-c2ccc(-c3nnn[nH]3)cc2)c1-c1ccc(-c2nnn[nH]2)cc1. The van der Waals surface area contributed by atoms with E-state index in [2.05, 4.69) is 41.2 Å². The van der Waals surface area contributed by atoms with Crippen LogP contribution < -0.4 is 0 Å². The molecule has 5 rings (SSSR count). The molecule has 0 spiro atoms. The summed E-state index contributed by atoms with van der Waals surface area (Å²) in [4.78, 5) is 11.2. The van der Waals surface area contributed by atoms with Gasteiger partial charge in [-0.2, -0.15) is 0 Å². The Bertz CT molecular complexity index is 1430. The number of tetrazole rings is 2. The van der Waals surface area contributed by atoms with Crippen LogP contribution in [0, 0.1) is 10.1 Å². The van der Waals surface area contributed by atoms with Crippen LogP contribution in [0.25, 0.3) is 45.0 Å². The van der Waals surface area contributed by atoms with Crippen LogP contribution in [0.2, 0.25) is 0 Å². The second kappa shape index (κ2) is 7.81. The first kappa shape index (κ1) is 19.7. The monoisotopic (exact) mass is 443 g/mol. The Kier molecular flexibility index (Phi) is 4.67. The Morgan fingerprint density at radius 3 is 1.70 bits per heavy atom. The zero-order chi connectivity index (χ0) is 22.9. The molecule has 0 saturated heterocycles. The van der Waals surface area contributed by atoms with Crippen molar-refractivity contribution >= 4 is 5.69 Å². The van der Waals surface area contributed by atoms with Gasteiger partial charge in [0, 0.05) is 16.7 Å². The minimum absolute atomic E-state index is 0.145. The highest BCUT2D eigenvalue weighted by Crippen LogP contribution is 2.49. The maximum Gasteiger partial charge on any atom is 0.323 e. The summed E-state index contributed by atoms with van der Waals surface area (Å²) in [6.45, 7) is 0. The van der Waals surface area contributed by atoms with E-state index in [0.717, 1.165) is 0 Å². The summed E-state index contributed by atoms with van der Waals surface area (Å²) < 4.78 is 0. The first-order valence-electron chi connectivity index (χ1n) is 9.45. The second-order valence-electron chi connectivity index (χ2n) is 6.93. The van der Waals surface area contributed by atoms with E-state index >= 15 is 0 Å². The lowest BCUT2D eigenvalue weighted by molar-refractivity contribution is -0.385. The van der Waals surface area contributed by atoms with Crippen LogP contribution in [0.15, 0.2) is 54.6 Å². The van der Waals surface area contributed by atoms with Gasteiger partial charge in [-0.05, 0) is 38.0 Å². The molecule has 0 bridgehead atoms. The van der Waals surface area contributed by atoms with Gasteiger partial charge >= 0.3 is 5.69 Å². The molecule has 3 aromatic carbocycles. The van der Waals surface area contributed by atoms with Crippen molar-refractivity contribution < 1.29 is 15.1 Å². The van der Waals surface area contributed by atoms with Gasteiger partial charge in [-0.1, -0.05) is 48.5 Å². The molecule has 0 atom stereocenters. The number of nitro benzene ring substituents is 1. The van der Waals surface area contributed by atoms with E-state index in [4.69, 9.17) is 0 Å². The summed E-state index contributed by atoms with van der Waals surface area (Å²) in [7, 11) is 0. The predicted molar refractivity (Wildman–Crippen MR) is 114 cm³/mol. The van der Waals surface area contributed by atoms with Crippen molar-refractivity contribution in [2.45, 2.75) is 0 Å². The van der Waals surface area contributed by atoms with E-state index in [1.807, 2.05) is 0 Å². The number of aromatic hydroxyl groups is 2. The van der Waals surface area contributed by atoms with Crippen LogP contribution in [0.4, 0.5) is 5.69 Å². The molecule has 0 fully saturated rings. The lowest BCUT2D eigenvalue weighted by Gasteiger charge is -2.14. The van der Waals surface area contributed by atoms with E-state index < -0.39 is 22.1 Å². The average Bonchev–Trinajstić information content (AvgIpc) is 3.55. The van der Waals surface area contributed by atoms with Crippen LogP contribution in [-0.2, 0) is 0 Å². The number of aromatic amines is 2. The zero-order valence-electron chi connectivity index (χ0n) is 16.5. The van der Waals surface area contributed by atoms with Gasteiger partial charge in [0.2, 0.25) is 5.75 Å². The minimum Gasteiger partial charge on any atom is -0.504 e. The topological polar surface area (TPSA) is 193 Å². The van der Waals surface area contributed by atoms with Crippen LogP contribution in [-0.4, -0.2) is 56.4 Å². The number of hydrogen-bond donors (Lipinski definition) is 4. The van der Waals surface area contributed by atoms with Gasteiger partial charge in [0.05, 0.1) is 10.5 Å². The van der Waals surface area contributed by atoms with Gasteiger partial charge in [0.1, 0.15) is 0 Å². The van der Waals surface area contributed by atoms with Gasteiger partial charge in [0.25, 0.3) is 0 Å². The molecule has 5 aromatic rings. The summed E-state index contributed by atoms with van der Waals surface area (Å²) in [5.41, 5.74) is 2.28. The highest BCUT2D eigenvalue weighted by atomic mass is 16.6. The van der Waals surface area contributed by atoms with Crippen molar-refractivity contribution in [2.75, 3.05) is 0 Å². The van der Waals surface area contributed by atoms with Crippen molar-refractivity contribution in [2.24, 2.45) is 0 Å². The number of aromatic nitrogens is 8. The third-order valence-electron chi connectivity index (χ3n) is 5.04. The number of hydrogen-bond acceptors (Lipinski definition) is 10. The van der Waals surface area contributed by atoms with Crippen LogP contribution >= 0.6 is 0 Å². The number of nitro groups is 1. The third-order valence-corrected chi connectivity index (χ3v) is 5.04. The Balaban J connectivity index is 1.68. The molecule has 13 heteroatoms. The molecule has 162 valence electrons. The van der Waals surface area contributed by atoms with Crippen molar-refractivity contribution in [3.8, 4) is 56.5 Å². The Labute approximate surface area is 183 Å². The summed E-state index contributed by atoms with van der Waals surface area (Å²) in [6.07, 6.45) is 0. The molecule has 2 heterocycles. The van der Waals surface area contributed by atoms with Crippen LogP contribution in [0.1, 0.15) is 0 Å². The number of nitrogens with one attached hydrogen (secondary N) is 2. The average molecular weight is 443 g/mol. The van der Waals surface area contributed by atoms with Gasteiger partial charge in [-0.25, -0.2) is 10.2 Å². The van der Waals surface area contributed by atoms with Gasteiger partial charge in [-0.15, -0.1) is 10.2 Å².